The number of benzene rings is 1. The molecule has 5 heteroatoms. The smallest absolute Gasteiger partial charge is 0.146 e. The van der Waals surface area contributed by atoms with E-state index < -0.39 is 23.4 Å². The average Bonchev–Trinajstić information content (AvgIpc) is 2.44. The SMILES string of the molecule is CC(=O)[C@@H]1C(=O)C[C@](C)(O)[C@H](C(C)=O)[C@H]1c1ccc(N(C)C)cc1. The Kier molecular flexibility index (Phi) is 4.95. The van der Waals surface area contributed by atoms with Crippen LogP contribution in [0.2, 0.25) is 0 Å². The second kappa shape index (κ2) is 6.48. The number of ketones is 3. The Bertz CT molecular complexity index is 660. The van der Waals surface area contributed by atoms with E-state index in [4.69, 9.17) is 0 Å². The number of carbonyl (C=O) groups excluding carboxylic acids is 3. The van der Waals surface area contributed by atoms with Crippen LogP contribution in [-0.4, -0.2) is 42.2 Å². The maximum absolute atomic E-state index is 12.5. The number of hydrogen-bond acceptors (Lipinski definition) is 5. The van der Waals surface area contributed by atoms with E-state index in [0.717, 1.165) is 11.3 Å². The standard InChI is InChI=1S/C19H25NO4/c1-11(21)16-15(23)10-19(3,24)18(12(2)22)17(16)13-6-8-14(9-7-13)20(4)5/h6-9,16-18,24H,10H2,1-5H3/t16-,17+,18-,19+/m1/s1. The lowest BCUT2D eigenvalue weighted by Crippen LogP contribution is -2.53. The molecule has 24 heavy (non-hydrogen) atoms. The topological polar surface area (TPSA) is 74.7 Å². The van der Waals surface area contributed by atoms with E-state index >= 15 is 0 Å². The molecule has 0 bridgehead atoms. The lowest BCUT2D eigenvalue weighted by Gasteiger charge is -2.44. The van der Waals surface area contributed by atoms with E-state index in [2.05, 4.69) is 0 Å². The Balaban J connectivity index is 2.58. The second-order valence-corrected chi connectivity index (χ2v) is 7.19. The number of hydrogen-bond donors (Lipinski definition) is 1. The van der Waals surface area contributed by atoms with Crippen LogP contribution < -0.4 is 4.90 Å². The summed E-state index contributed by atoms with van der Waals surface area (Å²) in [6, 6.07) is 7.44. The molecular formula is C19H25NO4. The number of rotatable bonds is 4. The van der Waals surface area contributed by atoms with Crippen molar-refractivity contribution in [2.75, 3.05) is 19.0 Å². The molecule has 0 radical (unpaired) electrons. The fourth-order valence-electron chi connectivity index (χ4n) is 3.90. The zero-order chi connectivity index (χ0) is 18.2. The van der Waals surface area contributed by atoms with Crippen molar-refractivity contribution in [3.8, 4) is 0 Å². The second-order valence-electron chi connectivity index (χ2n) is 7.19. The quantitative estimate of drug-likeness (QED) is 0.854. The molecule has 0 saturated heterocycles. The van der Waals surface area contributed by atoms with Crippen LogP contribution in [0.25, 0.3) is 0 Å². The molecular weight excluding hydrogens is 306 g/mol. The summed E-state index contributed by atoms with van der Waals surface area (Å²) in [7, 11) is 3.83. The van der Waals surface area contributed by atoms with Crippen LogP contribution in [0, 0.1) is 11.8 Å². The third-order valence-electron chi connectivity index (χ3n) is 4.94. The Labute approximate surface area is 142 Å². The normalized spacial score (nSPS) is 30.1. The van der Waals surface area contributed by atoms with Crippen molar-refractivity contribution in [2.24, 2.45) is 11.8 Å². The molecule has 0 aliphatic heterocycles. The molecule has 1 aliphatic rings. The number of aliphatic hydroxyl groups is 1. The summed E-state index contributed by atoms with van der Waals surface area (Å²) in [4.78, 5) is 38.8. The maximum atomic E-state index is 12.5. The molecule has 1 aromatic carbocycles. The zero-order valence-corrected chi connectivity index (χ0v) is 14.9. The molecule has 0 heterocycles. The van der Waals surface area contributed by atoms with Gasteiger partial charge in [0.25, 0.3) is 0 Å². The van der Waals surface area contributed by atoms with E-state index in [1.54, 1.807) is 0 Å². The number of Topliss-reactive ketones (excluding diaryl/α,β-unsaturated/α-hetero) is 3. The van der Waals surface area contributed by atoms with E-state index in [0.29, 0.717) is 0 Å². The fourth-order valence-corrected chi connectivity index (χ4v) is 3.90. The van der Waals surface area contributed by atoms with Gasteiger partial charge in [-0.05, 0) is 38.5 Å². The van der Waals surface area contributed by atoms with Crippen LogP contribution in [0.3, 0.4) is 0 Å². The Hall–Kier alpha value is -2.01. The fraction of sp³-hybridized carbons (Fsp3) is 0.526. The van der Waals surface area contributed by atoms with Crippen molar-refractivity contribution in [3.63, 3.8) is 0 Å². The first-order chi connectivity index (χ1) is 11.1. The first-order valence-electron chi connectivity index (χ1n) is 8.09. The first-order valence-corrected chi connectivity index (χ1v) is 8.09. The van der Waals surface area contributed by atoms with Gasteiger partial charge in [0.1, 0.15) is 17.3 Å². The summed E-state index contributed by atoms with van der Waals surface area (Å²) in [6.45, 7) is 4.29. The third kappa shape index (κ3) is 3.26. The van der Waals surface area contributed by atoms with Gasteiger partial charge >= 0.3 is 0 Å². The van der Waals surface area contributed by atoms with Gasteiger partial charge in [0.05, 0.1) is 17.4 Å². The number of nitrogens with zero attached hydrogens (tertiary/aromatic N) is 1. The molecule has 1 aromatic rings. The van der Waals surface area contributed by atoms with Crippen molar-refractivity contribution < 1.29 is 19.5 Å². The molecule has 0 aromatic heterocycles. The van der Waals surface area contributed by atoms with Gasteiger partial charge in [0.2, 0.25) is 0 Å². The van der Waals surface area contributed by atoms with E-state index in [-0.39, 0.29) is 23.8 Å². The summed E-state index contributed by atoms with van der Waals surface area (Å²) in [5.41, 5.74) is 0.264. The van der Waals surface area contributed by atoms with Crippen LogP contribution >= 0.6 is 0 Å². The Morgan fingerprint density at radius 1 is 1.12 bits per heavy atom. The predicted octanol–water partition coefficient (Wildman–Crippen LogP) is 1.97. The van der Waals surface area contributed by atoms with Gasteiger partial charge in [-0.1, -0.05) is 12.1 Å². The molecule has 1 fully saturated rings. The predicted molar refractivity (Wildman–Crippen MR) is 92.1 cm³/mol. The monoisotopic (exact) mass is 331 g/mol. The van der Waals surface area contributed by atoms with Crippen LogP contribution in [0.1, 0.15) is 38.7 Å². The van der Waals surface area contributed by atoms with Crippen molar-refractivity contribution in [1.29, 1.82) is 0 Å². The summed E-state index contributed by atoms with van der Waals surface area (Å²) in [5, 5.41) is 10.7. The van der Waals surface area contributed by atoms with Gasteiger partial charge in [-0.3, -0.25) is 14.4 Å². The minimum Gasteiger partial charge on any atom is -0.389 e. The van der Waals surface area contributed by atoms with Crippen molar-refractivity contribution in [3.05, 3.63) is 29.8 Å². The molecule has 0 unspecified atom stereocenters. The molecule has 1 saturated carbocycles. The van der Waals surface area contributed by atoms with E-state index in [9.17, 15) is 19.5 Å². The van der Waals surface area contributed by atoms with Crippen molar-refractivity contribution in [2.45, 2.75) is 38.7 Å². The van der Waals surface area contributed by atoms with Gasteiger partial charge in [-0.25, -0.2) is 0 Å². The van der Waals surface area contributed by atoms with Crippen LogP contribution in [0.5, 0.6) is 0 Å². The summed E-state index contributed by atoms with van der Waals surface area (Å²) in [5.74, 6) is -3.07. The van der Waals surface area contributed by atoms with Gasteiger partial charge in [0.15, 0.2) is 0 Å². The average molecular weight is 331 g/mol. The molecule has 1 N–H and O–H groups in total. The van der Waals surface area contributed by atoms with E-state index in [1.807, 2.05) is 43.3 Å². The van der Waals surface area contributed by atoms with Crippen LogP contribution in [0.15, 0.2) is 24.3 Å². The highest BCUT2D eigenvalue weighted by Crippen LogP contribution is 2.46. The highest BCUT2D eigenvalue weighted by atomic mass is 16.3. The van der Waals surface area contributed by atoms with Gasteiger partial charge < -0.3 is 10.0 Å². The molecule has 0 spiro atoms. The first kappa shape index (κ1) is 18.3. The maximum Gasteiger partial charge on any atom is 0.146 e. The molecule has 1 aliphatic carbocycles. The summed E-state index contributed by atoms with van der Waals surface area (Å²) >= 11 is 0. The van der Waals surface area contributed by atoms with Crippen molar-refractivity contribution >= 4 is 23.0 Å². The summed E-state index contributed by atoms with van der Waals surface area (Å²) < 4.78 is 0. The highest BCUT2D eigenvalue weighted by molar-refractivity contribution is 6.05. The number of anilines is 1. The highest BCUT2D eigenvalue weighted by Gasteiger charge is 2.53. The van der Waals surface area contributed by atoms with Gasteiger partial charge in [-0.15, -0.1) is 0 Å². The minimum absolute atomic E-state index is 0.173. The molecule has 2 rings (SSSR count). The summed E-state index contributed by atoms with van der Waals surface area (Å²) in [6.07, 6.45) is -0.173. The molecule has 130 valence electrons. The molecule has 0 amide bonds. The van der Waals surface area contributed by atoms with E-state index in [1.165, 1.54) is 20.8 Å². The lowest BCUT2D eigenvalue weighted by atomic mass is 9.60. The minimum atomic E-state index is -1.44. The Morgan fingerprint density at radius 3 is 2.08 bits per heavy atom. The van der Waals surface area contributed by atoms with Crippen molar-refractivity contribution in [1.82, 2.24) is 0 Å². The van der Waals surface area contributed by atoms with Gasteiger partial charge in [0, 0.05) is 32.1 Å². The van der Waals surface area contributed by atoms with Crippen LogP contribution in [0.4, 0.5) is 5.69 Å². The largest absolute Gasteiger partial charge is 0.389 e. The van der Waals surface area contributed by atoms with Gasteiger partial charge in [-0.2, -0.15) is 0 Å². The Morgan fingerprint density at radius 2 is 1.67 bits per heavy atom. The molecule has 4 atom stereocenters. The lowest BCUT2D eigenvalue weighted by molar-refractivity contribution is -0.151. The zero-order valence-electron chi connectivity index (χ0n) is 14.9. The van der Waals surface area contributed by atoms with Crippen LogP contribution in [-0.2, 0) is 14.4 Å². The molecule has 5 nitrogen and oxygen atoms in total. The number of carbonyl (C=O) groups is 3. The third-order valence-corrected chi connectivity index (χ3v) is 4.94.